The Bertz CT molecular complexity index is 513. The normalized spacial score (nSPS) is 10.8. The van der Waals surface area contributed by atoms with Crippen LogP contribution in [0.3, 0.4) is 0 Å². The molecule has 0 bridgehead atoms. The number of para-hydroxylation sites is 1. The van der Waals surface area contributed by atoms with Crippen molar-refractivity contribution in [3.63, 3.8) is 0 Å². The van der Waals surface area contributed by atoms with Gasteiger partial charge in [-0.05, 0) is 18.6 Å². The number of hydrogen-bond acceptors (Lipinski definition) is 3. The van der Waals surface area contributed by atoms with Crippen LogP contribution in [0.2, 0.25) is 0 Å². The first-order valence-corrected chi connectivity index (χ1v) is 6.46. The number of nitrogens with one attached hydrogen (secondary N) is 1. The summed E-state index contributed by atoms with van der Waals surface area (Å²) in [4.78, 5) is 8.15. The lowest BCUT2D eigenvalue weighted by Crippen LogP contribution is -2.04. The van der Waals surface area contributed by atoms with Crippen LogP contribution < -0.4 is 5.32 Å². The zero-order chi connectivity index (χ0) is 12.8. The van der Waals surface area contributed by atoms with Crippen molar-refractivity contribution in [3.8, 4) is 0 Å². The molecular weight excluding hydrogens is 229 g/mol. The van der Waals surface area contributed by atoms with Crippen LogP contribution in [0, 0.1) is 5.82 Å². The van der Waals surface area contributed by atoms with Crippen LogP contribution in [0.4, 0.5) is 10.2 Å². The molecule has 0 aliphatic heterocycles. The Morgan fingerprint density at radius 1 is 1.17 bits per heavy atom. The lowest BCUT2D eigenvalue weighted by molar-refractivity contribution is 0.636. The van der Waals surface area contributed by atoms with Gasteiger partial charge in [-0.2, -0.15) is 0 Å². The SMILES string of the molecule is CCCCCCNc1ncnc2c(F)cccc12. The van der Waals surface area contributed by atoms with Crippen molar-refractivity contribution in [2.75, 3.05) is 11.9 Å². The van der Waals surface area contributed by atoms with E-state index in [0.29, 0.717) is 5.52 Å². The molecule has 2 aromatic rings. The van der Waals surface area contributed by atoms with Crippen LogP contribution in [-0.2, 0) is 0 Å². The summed E-state index contributed by atoms with van der Waals surface area (Å²) in [6, 6.07) is 4.94. The van der Waals surface area contributed by atoms with E-state index < -0.39 is 0 Å². The molecule has 0 amide bonds. The van der Waals surface area contributed by atoms with E-state index in [1.165, 1.54) is 31.7 Å². The molecule has 0 atom stereocenters. The molecule has 0 aliphatic carbocycles. The predicted molar refractivity (Wildman–Crippen MR) is 72.1 cm³/mol. The number of benzene rings is 1. The Morgan fingerprint density at radius 2 is 2.06 bits per heavy atom. The van der Waals surface area contributed by atoms with Gasteiger partial charge in [0.05, 0.1) is 0 Å². The highest BCUT2D eigenvalue weighted by atomic mass is 19.1. The van der Waals surface area contributed by atoms with Crippen molar-refractivity contribution in [1.82, 2.24) is 9.97 Å². The average Bonchev–Trinajstić information content (AvgIpc) is 2.39. The maximum atomic E-state index is 13.5. The number of anilines is 1. The number of halogens is 1. The van der Waals surface area contributed by atoms with Crippen molar-refractivity contribution in [2.24, 2.45) is 0 Å². The van der Waals surface area contributed by atoms with E-state index in [-0.39, 0.29) is 5.82 Å². The highest BCUT2D eigenvalue weighted by molar-refractivity contribution is 5.89. The summed E-state index contributed by atoms with van der Waals surface area (Å²) in [5, 5.41) is 4.00. The molecule has 1 aromatic carbocycles. The molecule has 1 aromatic heterocycles. The fourth-order valence-corrected chi connectivity index (χ4v) is 1.95. The fraction of sp³-hybridized carbons (Fsp3) is 0.429. The average molecular weight is 247 g/mol. The maximum absolute atomic E-state index is 13.5. The Labute approximate surface area is 106 Å². The fourth-order valence-electron chi connectivity index (χ4n) is 1.95. The van der Waals surface area contributed by atoms with Gasteiger partial charge in [0.2, 0.25) is 0 Å². The van der Waals surface area contributed by atoms with E-state index >= 15 is 0 Å². The summed E-state index contributed by atoms with van der Waals surface area (Å²) in [6.07, 6.45) is 6.19. The lowest BCUT2D eigenvalue weighted by Gasteiger charge is -2.08. The van der Waals surface area contributed by atoms with Crippen molar-refractivity contribution < 1.29 is 4.39 Å². The van der Waals surface area contributed by atoms with Crippen LogP contribution >= 0.6 is 0 Å². The van der Waals surface area contributed by atoms with E-state index in [9.17, 15) is 4.39 Å². The first-order chi connectivity index (χ1) is 8.83. The van der Waals surface area contributed by atoms with Gasteiger partial charge < -0.3 is 5.32 Å². The first-order valence-electron chi connectivity index (χ1n) is 6.46. The topological polar surface area (TPSA) is 37.8 Å². The molecule has 0 saturated carbocycles. The largest absolute Gasteiger partial charge is 0.369 e. The number of nitrogens with zero attached hydrogens (tertiary/aromatic N) is 2. The smallest absolute Gasteiger partial charge is 0.149 e. The molecule has 0 fully saturated rings. The molecule has 0 saturated heterocycles. The lowest BCUT2D eigenvalue weighted by atomic mass is 10.2. The Morgan fingerprint density at radius 3 is 2.89 bits per heavy atom. The van der Waals surface area contributed by atoms with Gasteiger partial charge in [-0.3, -0.25) is 0 Å². The van der Waals surface area contributed by atoms with Gasteiger partial charge in [0.15, 0.2) is 0 Å². The van der Waals surface area contributed by atoms with E-state index in [1.807, 2.05) is 6.07 Å². The third kappa shape index (κ3) is 2.94. The minimum Gasteiger partial charge on any atom is -0.369 e. The van der Waals surface area contributed by atoms with Crippen molar-refractivity contribution >= 4 is 16.7 Å². The summed E-state index contributed by atoms with van der Waals surface area (Å²) in [7, 11) is 0. The van der Waals surface area contributed by atoms with Crippen LogP contribution in [0.25, 0.3) is 10.9 Å². The molecule has 18 heavy (non-hydrogen) atoms. The van der Waals surface area contributed by atoms with Crippen molar-refractivity contribution in [3.05, 3.63) is 30.3 Å². The maximum Gasteiger partial charge on any atom is 0.149 e. The van der Waals surface area contributed by atoms with Crippen LogP contribution in [-0.4, -0.2) is 16.5 Å². The van der Waals surface area contributed by atoms with Gasteiger partial charge >= 0.3 is 0 Å². The first kappa shape index (κ1) is 12.7. The molecule has 0 spiro atoms. The third-order valence-corrected chi connectivity index (χ3v) is 2.94. The quantitative estimate of drug-likeness (QED) is 0.790. The summed E-state index contributed by atoms with van der Waals surface area (Å²) >= 11 is 0. The molecule has 4 heteroatoms. The van der Waals surface area contributed by atoms with Crippen LogP contribution in [0.5, 0.6) is 0 Å². The molecule has 1 N–H and O–H groups in total. The Kier molecular flexibility index (Phi) is 4.45. The van der Waals surface area contributed by atoms with E-state index in [2.05, 4.69) is 22.2 Å². The molecule has 2 rings (SSSR count). The van der Waals surface area contributed by atoms with E-state index in [0.717, 1.165) is 24.2 Å². The van der Waals surface area contributed by atoms with Gasteiger partial charge in [0, 0.05) is 11.9 Å². The van der Waals surface area contributed by atoms with Gasteiger partial charge in [-0.1, -0.05) is 32.3 Å². The second kappa shape index (κ2) is 6.28. The number of unbranched alkanes of at least 4 members (excludes halogenated alkanes) is 3. The minimum absolute atomic E-state index is 0.302. The third-order valence-electron chi connectivity index (χ3n) is 2.94. The molecular formula is C14H18FN3. The summed E-state index contributed by atoms with van der Waals surface area (Å²) in [5.74, 6) is 0.417. The highest BCUT2D eigenvalue weighted by Gasteiger charge is 2.06. The van der Waals surface area contributed by atoms with Crippen molar-refractivity contribution in [1.29, 1.82) is 0 Å². The summed E-state index contributed by atoms with van der Waals surface area (Å²) < 4.78 is 13.5. The molecule has 3 nitrogen and oxygen atoms in total. The van der Waals surface area contributed by atoms with Gasteiger partial charge in [-0.25, -0.2) is 14.4 Å². The van der Waals surface area contributed by atoms with Crippen molar-refractivity contribution in [2.45, 2.75) is 32.6 Å². The summed E-state index contributed by atoms with van der Waals surface area (Å²) in [5.41, 5.74) is 0.378. The van der Waals surface area contributed by atoms with Crippen LogP contribution in [0.1, 0.15) is 32.6 Å². The second-order valence-corrected chi connectivity index (χ2v) is 4.35. The number of rotatable bonds is 6. The molecule has 0 unspecified atom stereocenters. The highest BCUT2D eigenvalue weighted by Crippen LogP contribution is 2.21. The van der Waals surface area contributed by atoms with Gasteiger partial charge in [-0.15, -0.1) is 0 Å². The zero-order valence-corrected chi connectivity index (χ0v) is 10.6. The van der Waals surface area contributed by atoms with E-state index in [1.54, 1.807) is 6.07 Å². The predicted octanol–water partition coefficient (Wildman–Crippen LogP) is 3.76. The minimum atomic E-state index is -0.302. The summed E-state index contributed by atoms with van der Waals surface area (Å²) in [6.45, 7) is 3.05. The molecule has 1 heterocycles. The van der Waals surface area contributed by atoms with Gasteiger partial charge in [0.1, 0.15) is 23.5 Å². The van der Waals surface area contributed by atoms with E-state index in [4.69, 9.17) is 0 Å². The Balaban J connectivity index is 2.07. The monoisotopic (exact) mass is 247 g/mol. The number of hydrogen-bond donors (Lipinski definition) is 1. The zero-order valence-electron chi connectivity index (χ0n) is 10.6. The number of fused-ring (bicyclic) bond motifs is 1. The van der Waals surface area contributed by atoms with Crippen LogP contribution in [0.15, 0.2) is 24.5 Å². The van der Waals surface area contributed by atoms with Gasteiger partial charge in [0.25, 0.3) is 0 Å². The number of aromatic nitrogens is 2. The molecule has 96 valence electrons. The standard InChI is InChI=1S/C14H18FN3/c1-2-3-4-5-9-16-14-11-7-6-8-12(15)13(11)17-10-18-14/h6-8,10H,2-5,9H2,1H3,(H,16,17,18). The molecule has 0 aliphatic rings. The molecule has 0 radical (unpaired) electrons. The Hall–Kier alpha value is -1.71. The second-order valence-electron chi connectivity index (χ2n) is 4.35.